The molecule has 1 aliphatic heterocycles. The van der Waals surface area contributed by atoms with E-state index in [2.05, 4.69) is 0 Å². The summed E-state index contributed by atoms with van der Waals surface area (Å²) < 4.78 is 18.9. The number of rotatable bonds is 4. The van der Waals surface area contributed by atoms with Crippen molar-refractivity contribution in [2.24, 2.45) is 0 Å². The van der Waals surface area contributed by atoms with Crippen molar-refractivity contribution in [1.29, 1.82) is 0 Å². The van der Waals surface area contributed by atoms with Gasteiger partial charge in [-0.25, -0.2) is 4.39 Å². The van der Waals surface area contributed by atoms with Crippen molar-refractivity contribution >= 4 is 12.0 Å². The summed E-state index contributed by atoms with van der Waals surface area (Å²) in [6.07, 6.45) is 0.591. The molecule has 13 heavy (non-hydrogen) atoms. The molecule has 1 fully saturated rings. The third-order valence-electron chi connectivity index (χ3n) is 2.33. The number of nitrogens with zero attached hydrogens (tertiary/aromatic N) is 1. The Hall–Kier alpha value is 0.200. The first-order valence-electron chi connectivity index (χ1n) is 4.69. The predicted molar refractivity (Wildman–Crippen MR) is 54.6 cm³/mol. The first-order valence-corrected chi connectivity index (χ1v) is 5.60. The molecule has 78 valence electrons. The molecule has 0 radical (unpaired) electrons. The highest BCUT2D eigenvalue weighted by atomic mass is 32.2. The summed E-state index contributed by atoms with van der Waals surface area (Å²) in [6, 6.07) is 0.244. The molecule has 2 atom stereocenters. The lowest BCUT2D eigenvalue weighted by Gasteiger charge is -2.17. The predicted octanol–water partition coefficient (Wildman–Crippen LogP) is 2.10. The number of likely N-dealkylation sites (N-methyl/N-ethyl adjacent to an activating group) is 1. The van der Waals surface area contributed by atoms with Gasteiger partial charge in [0, 0.05) is 24.8 Å². The minimum absolute atomic E-state index is 0.244. The van der Waals surface area contributed by atoms with Crippen LogP contribution in [-0.4, -0.2) is 42.6 Å². The molecule has 1 unspecified atom stereocenters. The van der Waals surface area contributed by atoms with Crippen LogP contribution in [0, 0.1) is 0 Å². The van der Waals surface area contributed by atoms with E-state index >= 15 is 0 Å². The maximum absolute atomic E-state index is 13.5. The zero-order valence-electron chi connectivity index (χ0n) is 8.55. The molecule has 0 N–H and O–H groups in total. The van der Waals surface area contributed by atoms with E-state index in [9.17, 15) is 4.39 Å². The zero-order chi connectivity index (χ0) is 9.90. The molecule has 0 spiro atoms. The van der Waals surface area contributed by atoms with Gasteiger partial charge >= 0.3 is 0 Å². The van der Waals surface area contributed by atoms with Crippen LogP contribution in [0.15, 0.2) is 0 Å². The summed E-state index contributed by atoms with van der Waals surface area (Å²) in [6.45, 7) is 4.87. The first-order chi connectivity index (χ1) is 6.05. The highest BCUT2D eigenvalue weighted by molar-refractivity contribution is 7.94. The summed E-state index contributed by atoms with van der Waals surface area (Å²) in [5, 5.41) is 0. The van der Waals surface area contributed by atoms with Crippen LogP contribution in [0.4, 0.5) is 4.39 Å². The molecule has 0 aromatic rings. The fraction of sp³-hybridized carbons (Fsp3) is 1.00. The fourth-order valence-corrected chi connectivity index (χ4v) is 2.18. The smallest absolute Gasteiger partial charge is 0.122 e. The van der Waals surface area contributed by atoms with E-state index in [4.69, 9.17) is 4.18 Å². The van der Waals surface area contributed by atoms with Gasteiger partial charge in [-0.15, -0.1) is 0 Å². The number of halogens is 1. The van der Waals surface area contributed by atoms with Crippen LogP contribution < -0.4 is 0 Å². The summed E-state index contributed by atoms with van der Waals surface area (Å²) in [5.74, 6) is 0.948. The Morgan fingerprint density at radius 1 is 1.69 bits per heavy atom. The van der Waals surface area contributed by atoms with Crippen LogP contribution in [0.3, 0.4) is 0 Å². The topological polar surface area (TPSA) is 12.5 Å². The van der Waals surface area contributed by atoms with Gasteiger partial charge in [-0.05, 0) is 26.0 Å². The van der Waals surface area contributed by atoms with Gasteiger partial charge in [0.15, 0.2) is 0 Å². The molecule has 0 aromatic heterocycles. The second-order valence-electron chi connectivity index (χ2n) is 3.88. The average Bonchev–Trinajstić information content (AvgIpc) is 2.25. The van der Waals surface area contributed by atoms with Crippen LogP contribution >= 0.6 is 12.0 Å². The highest BCUT2D eigenvalue weighted by Gasteiger charge is 2.38. The Morgan fingerprint density at radius 3 is 2.85 bits per heavy atom. The monoisotopic (exact) mass is 207 g/mol. The second kappa shape index (κ2) is 4.62. The van der Waals surface area contributed by atoms with Crippen molar-refractivity contribution in [1.82, 2.24) is 4.90 Å². The molecule has 0 saturated carbocycles. The normalized spacial score (nSPS) is 35.5. The molecule has 1 aliphatic rings. The summed E-state index contributed by atoms with van der Waals surface area (Å²) in [4.78, 5) is 2.04. The first kappa shape index (κ1) is 11.3. The Labute approximate surface area is 84.0 Å². The lowest BCUT2D eigenvalue weighted by Crippen LogP contribution is -2.29. The minimum atomic E-state index is -1.03. The molecule has 0 aliphatic carbocycles. The van der Waals surface area contributed by atoms with Crippen LogP contribution in [0.1, 0.15) is 20.3 Å². The Kier molecular flexibility index (Phi) is 4.01. The van der Waals surface area contributed by atoms with Crippen molar-refractivity contribution in [2.45, 2.75) is 32.0 Å². The van der Waals surface area contributed by atoms with Crippen molar-refractivity contribution in [3.8, 4) is 0 Å². The van der Waals surface area contributed by atoms with E-state index in [1.165, 1.54) is 12.0 Å². The number of alkyl halides is 1. The highest BCUT2D eigenvalue weighted by Crippen LogP contribution is 2.29. The SMILES string of the molecule is CCSOC[C@@H]1CC(C)(F)CN1C. The van der Waals surface area contributed by atoms with E-state index in [-0.39, 0.29) is 6.04 Å². The van der Waals surface area contributed by atoms with Gasteiger partial charge in [-0.2, -0.15) is 0 Å². The molecule has 0 aromatic carbocycles. The maximum atomic E-state index is 13.5. The molecule has 1 heterocycles. The molecule has 2 nitrogen and oxygen atoms in total. The Morgan fingerprint density at radius 2 is 2.38 bits per heavy atom. The van der Waals surface area contributed by atoms with Crippen LogP contribution in [-0.2, 0) is 4.18 Å². The van der Waals surface area contributed by atoms with Gasteiger partial charge < -0.3 is 4.18 Å². The lowest BCUT2D eigenvalue weighted by atomic mass is 10.1. The van der Waals surface area contributed by atoms with Gasteiger partial charge in [-0.1, -0.05) is 6.92 Å². The van der Waals surface area contributed by atoms with Crippen molar-refractivity contribution in [3.05, 3.63) is 0 Å². The molecule has 4 heteroatoms. The van der Waals surface area contributed by atoms with Crippen LogP contribution in [0.25, 0.3) is 0 Å². The van der Waals surface area contributed by atoms with Crippen LogP contribution in [0.5, 0.6) is 0 Å². The Balaban J connectivity index is 2.27. The van der Waals surface area contributed by atoms with E-state index in [1.807, 2.05) is 18.9 Å². The standard InChI is InChI=1S/C9H18FNOS/c1-4-13-12-6-8-5-9(2,10)7-11(8)3/h8H,4-7H2,1-3H3/t8-,9?/m0/s1. The van der Waals surface area contributed by atoms with E-state index in [0.717, 1.165) is 5.75 Å². The fourth-order valence-electron chi connectivity index (χ4n) is 1.76. The molecular formula is C9H18FNOS. The molecule has 1 rings (SSSR count). The van der Waals surface area contributed by atoms with Crippen molar-refractivity contribution in [2.75, 3.05) is 26.0 Å². The molecular weight excluding hydrogens is 189 g/mol. The number of hydrogen-bond donors (Lipinski definition) is 0. The maximum Gasteiger partial charge on any atom is 0.122 e. The Bertz CT molecular complexity index is 166. The second-order valence-corrected chi connectivity index (χ2v) is 4.93. The number of likely N-dealkylation sites (tertiary alicyclic amines) is 1. The zero-order valence-corrected chi connectivity index (χ0v) is 9.36. The van der Waals surface area contributed by atoms with Gasteiger partial charge in [0.25, 0.3) is 0 Å². The lowest BCUT2D eigenvalue weighted by molar-refractivity contribution is 0.197. The third kappa shape index (κ3) is 3.44. The summed E-state index contributed by atoms with van der Waals surface area (Å²) >= 11 is 1.45. The van der Waals surface area contributed by atoms with Gasteiger partial charge in [0.05, 0.1) is 6.61 Å². The summed E-state index contributed by atoms with van der Waals surface area (Å²) in [7, 11) is 1.95. The van der Waals surface area contributed by atoms with Gasteiger partial charge in [0.1, 0.15) is 5.67 Å². The quantitative estimate of drug-likeness (QED) is 0.517. The summed E-state index contributed by atoms with van der Waals surface area (Å²) in [5.41, 5.74) is -1.03. The molecule has 0 bridgehead atoms. The van der Waals surface area contributed by atoms with E-state index < -0.39 is 5.67 Å². The largest absolute Gasteiger partial charge is 0.314 e. The number of hydrogen-bond acceptors (Lipinski definition) is 3. The van der Waals surface area contributed by atoms with E-state index in [1.54, 1.807) is 6.92 Å². The van der Waals surface area contributed by atoms with Crippen molar-refractivity contribution in [3.63, 3.8) is 0 Å². The van der Waals surface area contributed by atoms with Crippen LogP contribution in [0.2, 0.25) is 0 Å². The van der Waals surface area contributed by atoms with Gasteiger partial charge in [-0.3, -0.25) is 4.90 Å². The molecule has 0 amide bonds. The minimum Gasteiger partial charge on any atom is -0.314 e. The van der Waals surface area contributed by atoms with Crippen molar-refractivity contribution < 1.29 is 8.57 Å². The third-order valence-corrected chi connectivity index (χ3v) is 2.86. The average molecular weight is 207 g/mol. The van der Waals surface area contributed by atoms with Gasteiger partial charge in [0.2, 0.25) is 0 Å². The van der Waals surface area contributed by atoms with E-state index in [0.29, 0.717) is 19.6 Å². The molecule has 1 saturated heterocycles.